The van der Waals surface area contributed by atoms with Crippen molar-refractivity contribution in [2.45, 2.75) is 6.54 Å². The molecule has 10 nitrogen and oxygen atoms in total. The molecular weight excluding hydrogens is 521 g/mol. The molecule has 11 heteroatoms. The first-order valence-corrected chi connectivity index (χ1v) is 13.7. The number of ether oxygens (including phenoxy) is 1. The minimum Gasteiger partial charge on any atom is -0.489 e. The number of likely N-dealkylation sites (N-methyl/N-ethyl adjacent to an activating group) is 1. The van der Waals surface area contributed by atoms with Gasteiger partial charge < -0.3 is 24.8 Å². The Labute approximate surface area is 237 Å². The van der Waals surface area contributed by atoms with E-state index in [1.54, 1.807) is 23.1 Å². The number of fused-ring (bicyclic) bond motifs is 2. The molecule has 0 radical (unpaired) electrons. The highest BCUT2D eigenvalue weighted by atomic mass is 19.1. The molecule has 0 unspecified atom stereocenters. The third kappa shape index (κ3) is 5.23. The first kappa shape index (κ1) is 25.2. The molecule has 2 aliphatic rings. The van der Waals surface area contributed by atoms with E-state index in [1.165, 1.54) is 6.07 Å². The van der Waals surface area contributed by atoms with Crippen LogP contribution in [0.3, 0.4) is 0 Å². The second-order valence-corrected chi connectivity index (χ2v) is 10.4. The molecule has 208 valence electrons. The first-order chi connectivity index (χ1) is 20.1. The lowest BCUT2D eigenvalue weighted by atomic mass is 10.1. The van der Waals surface area contributed by atoms with Gasteiger partial charge in [0.2, 0.25) is 0 Å². The van der Waals surface area contributed by atoms with Gasteiger partial charge in [-0.1, -0.05) is 17.3 Å². The summed E-state index contributed by atoms with van der Waals surface area (Å²) < 4.78 is 21.5. The van der Waals surface area contributed by atoms with Crippen molar-refractivity contribution in [3.05, 3.63) is 84.6 Å². The van der Waals surface area contributed by atoms with Gasteiger partial charge >= 0.3 is 0 Å². The summed E-state index contributed by atoms with van der Waals surface area (Å²) >= 11 is 0. The zero-order chi connectivity index (χ0) is 27.8. The number of nitrogens with one attached hydrogen (secondary N) is 1. The van der Waals surface area contributed by atoms with E-state index in [2.05, 4.69) is 47.3 Å². The minimum atomic E-state index is -0.227. The molecule has 4 heterocycles. The van der Waals surface area contributed by atoms with E-state index in [0.29, 0.717) is 19.0 Å². The third-order valence-electron chi connectivity index (χ3n) is 7.64. The predicted molar refractivity (Wildman–Crippen MR) is 157 cm³/mol. The molecule has 1 fully saturated rings. The standard InChI is InChI=1S/C30H30FN9O/c1-37-9-11-38(12-10-37)29-19-40(36-35-29)24-6-7-26-25(17-24)30(33-20-32-26)34-23-5-8-27-28(16-23)41-14-13-39(27)18-21-3-2-4-22(31)15-21/h2-8,15-17,19-20H,9-14,18H2,1H3,(H,32,33,34). The maximum Gasteiger partial charge on any atom is 0.171 e. The summed E-state index contributed by atoms with van der Waals surface area (Å²) in [6, 6.07) is 18.7. The summed E-state index contributed by atoms with van der Waals surface area (Å²) in [5, 5.41) is 13.1. The molecule has 0 spiro atoms. The molecule has 0 amide bonds. The fourth-order valence-electron chi connectivity index (χ4n) is 5.36. The molecule has 1 saturated heterocycles. The number of benzene rings is 3. The van der Waals surface area contributed by atoms with Crippen molar-refractivity contribution >= 4 is 33.9 Å². The monoisotopic (exact) mass is 551 g/mol. The quantitative estimate of drug-likeness (QED) is 0.333. The molecule has 7 rings (SSSR count). The average molecular weight is 552 g/mol. The molecule has 0 aliphatic carbocycles. The Balaban J connectivity index is 1.13. The Kier molecular flexibility index (Phi) is 6.56. The van der Waals surface area contributed by atoms with E-state index in [4.69, 9.17) is 4.74 Å². The Morgan fingerprint density at radius 1 is 0.951 bits per heavy atom. The van der Waals surface area contributed by atoms with Crippen LogP contribution in [0.15, 0.2) is 73.2 Å². The van der Waals surface area contributed by atoms with Crippen molar-refractivity contribution < 1.29 is 9.13 Å². The van der Waals surface area contributed by atoms with E-state index < -0.39 is 0 Å². The van der Waals surface area contributed by atoms with Crippen LogP contribution < -0.4 is 19.9 Å². The van der Waals surface area contributed by atoms with E-state index in [0.717, 1.165) is 77.8 Å². The zero-order valence-corrected chi connectivity index (χ0v) is 22.7. The fraction of sp³-hybridized carbons (Fsp3) is 0.267. The Hall–Kier alpha value is -4.77. The Morgan fingerprint density at radius 2 is 1.85 bits per heavy atom. The average Bonchev–Trinajstić information content (AvgIpc) is 3.48. The molecule has 41 heavy (non-hydrogen) atoms. The molecule has 0 atom stereocenters. The van der Waals surface area contributed by atoms with Gasteiger partial charge in [-0.25, -0.2) is 19.0 Å². The highest BCUT2D eigenvalue weighted by Gasteiger charge is 2.20. The lowest BCUT2D eigenvalue weighted by molar-refractivity contribution is 0.307. The minimum absolute atomic E-state index is 0.227. The van der Waals surface area contributed by atoms with Crippen molar-refractivity contribution in [1.29, 1.82) is 0 Å². The number of anilines is 4. The lowest BCUT2D eigenvalue weighted by Crippen LogP contribution is -2.44. The van der Waals surface area contributed by atoms with Crippen LogP contribution in [0.4, 0.5) is 27.4 Å². The summed E-state index contributed by atoms with van der Waals surface area (Å²) in [5.74, 6) is 2.11. The Morgan fingerprint density at radius 3 is 2.73 bits per heavy atom. The van der Waals surface area contributed by atoms with Crippen LogP contribution in [0.5, 0.6) is 5.75 Å². The van der Waals surface area contributed by atoms with Crippen molar-refractivity contribution in [1.82, 2.24) is 29.9 Å². The molecule has 0 bridgehead atoms. The van der Waals surface area contributed by atoms with Crippen LogP contribution in [0.1, 0.15) is 5.56 Å². The van der Waals surface area contributed by atoms with E-state index in [-0.39, 0.29) is 5.82 Å². The van der Waals surface area contributed by atoms with Gasteiger partial charge in [0.25, 0.3) is 0 Å². The summed E-state index contributed by atoms with van der Waals surface area (Å²) in [5.41, 5.74) is 4.44. The summed E-state index contributed by atoms with van der Waals surface area (Å²) in [7, 11) is 2.14. The summed E-state index contributed by atoms with van der Waals surface area (Å²) in [6.45, 7) is 5.78. The fourth-order valence-corrected chi connectivity index (χ4v) is 5.36. The topological polar surface area (TPSA) is 87.5 Å². The molecule has 1 N–H and O–H groups in total. The third-order valence-corrected chi connectivity index (χ3v) is 7.64. The summed E-state index contributed by atoms with van der Waals surface area (Å²) in [6.07, 6.45) is 3.53. The number of hydrogen-bond acceptors (Lipinski definition) is 9. The SMILES string of the molecule is CN1CCN(c2cn(-c3ccc4ncnc(Nc5ccc6c(c5)OCCN6Cc5cccc(F)c5)c4c3)nn2)CC1. The molecule has 3 aromatic carbocycles. The van der Waals surface area contributed by atoms with Gasteiger partial charge in [-0.05, 0) is 55.1 Å². The van der Waals surface area contributed by atoms with E-state index in [1.807, 2.05) is 48.7 Å². The van der Waals surface area contributed by atoms with Gasteiger partial charge in [0.15, 0.2) is 5.82 Å². The maximum atomic E-state index is 13.7. The highest BCUT2D eigenvalue weighted by Crippen LogP contribution is 2.36. The number of rotatable bonds is 6. The second-order valence-electron chi connectivity index (χ2n) is 10.4. The van der Waals surface area contributed by atoms with Crippen molar-refractivity contribution in [3.63, 3.8) is 0 Å². The maximum absolute atomic E-state index is 13.7. The summed E-state index contributed by atoms with van der Waals surface area (Å²) in [4.78, 5) is 15.8. The first-order valence-electron chi connectivity index (χ1n) is 13.7. The van der Waals surface area contributed by atoms with Crippen LogP contribution in [0, 0.1) is 5.82 Å². The number of nitrogens with zero attached hydrogens (tertiary/aromatic N) is 8. The van der Waals surface area contributed by atoms with E-state index >= 15 is 0 Å². The van der Waals surface area contributed by atoms with Crippen LogP contribution in [0.25, 0.3) is 16.6 Å². The smallest absolute Gasteiger partial charge is 0.171 e. The van der Waals surface area contributed by atoms with Crippen molar-refractivity contribution in [2.75, 3.05) is 61.5 Å². The number of aromatic nitrogens is 5. The van der Waals surface area contributed by atoms with Crippen LogP contribution >= 0.6 is 0 Å². The molecule has 2 aliphatic heterocycles. The largest absolute Gasteiger partial charge is 0.489 e. The molecule has 5 aromatic rings. The number of piperazine rings is 1. The number of halogens is 1. The molecule has 2 aromatic heterocycles. The van der Waals surface area contributed by atoms with Crippen LogP contribution in [-0.2, 0) is 6.54 Å². The second kappa shape index (κ2) is 10.7. The molecule has 0 saturated carbocycles. The molecular formula is C30H30FN9O. The normalized spacial score (nSPS) is 15.6. The van der Waals surface area contributed by atoms with Gasteiger partial charge in [-0.2, -0.15) is 0 Å². The van der Waals surface area contributed by atoms with Gasteiger partial charge in [0.05, 0.1) is 29.6 Å². The van der Waals surface area contributed by atoms with Gasteiger partial charge in [-0.15, -0.1) is 5.10 Å². The van der Waals surface area contributed by atoms with Crippen LogP contribution in [0.2, 0.25) is 0 Å². The Bertz CT molecular complexity index is 1700. The van der Waals surface area contributed by atoms with Crippen molar-refractivity contribution in [2.24, 2.45) is 0 Å². The van der Waals surface area contributed by atoms with E-state index in [9.17, 15) is 4.39 Å². The van der Waals surface area contributed by atoms with Gasteiger partial charge in [0, 0.05) is 49.9 Å². The predicted octanol–water partition coefficient (Wildman–Crippen LogP) is 4.24. The van der Waals surface area contributed by atoms with Crippen molar-refractivity contribution in [3.8, 4) is 11.4 Å². The van der Waals surface area contributed by atoms with Gasteiger partial charge in [0.1, 0.15) is 30.3 Å². The van der Waals surface area contributed by atoms with Crippen LogP contribution in [-0.4, -0.2) is 76.2 Å². The number of hydrogen-bond donors (Lipinski definition) is 1. The van der Waals surface area contributed by atoms with Gasteiger partial charge in [-0.3, -0.25) is 0 Å². The highest BCUT2D eigenvalue weighted by molar-refractivity contribution is 5.92. The zero-order valence-electron chi connectivity index (χ0n) is 22.7. The lowest BCUT2D eigenvalue weighted by Gasteiger charge is -2.31.